The number of aromatic nitrogens is 4. The molecule has 0 aliphatic heterocycles. The lowest BCUT2D eigenvalue weighted by molar-refractivity contribution is 0.636. The second-order valence-electron chi connectivity index (χ2n) is 3.19. The van der Waals surface area contributed by atoms with Gasteiger partial charge in [-0.1, -0.05) is 0 Å². The van der Waals surface area contributed by atoms with Crippen LogP contribution in [0.2, 0.25) is 0 Å². The minimum Gasteiger partial charge on any atom is -0.396 e. The van der Waals surface area contributed by atoms with Gasteiger partial charge in [-0.15, -0.1) is 0 Å². The molecule has 0 saturated heterocycles. The molecule has 0 spiro atoms. The van der Waals surface area contributed by atoms with Gasteiger partial charge in [0.2, 0.25) is 5.95 Å². The van der Waals surface area contributed by atoms with Gasteiger partial charge in [-0.05, 0) is 15.9 Å². The molecule has 7 heteroatoms. The van der Waals surface area contributed by atoms with Crippen LogP contribution in [0.5, 0.6) is 0 Å². The lowest BCUT2D eigenvalue weighted by Crippen LogP contribution is -2.12. The molecule has 2 heterocycles. The maximum atomic E-state index is 5.54. The predicted molar refractivity (Wildman–Crippen MR) is 64.9 cm³/mol. The molecule has 0 radical (unpaired) electrons. The van der Waals surface area contributed by atoms with E-state index in [1.165, 1.54) is 0 Å². The molecule has 16 heavy (non-hydrogen) atoms. The van der Waals surface area contributed by atoms with Gasteiger partial charge in [0, 0.05) is 25.1 Å². The van der Waals surface area contributed by atoms with Gasteiger partial charge in [0.05, 0.1) is 22.9 Å². The summed E-state index contributed by atoms with van der Waals surface area (Å²) in [6.45, 7) is 1.42. The first-order valence-corrected chi connectivity index (χ1v) is 5.53. The van der Waals surface area contributed by atoms with Crippen molar-refractivity contribution in [2.24, 2.45) is 0 Å². The SMILES string of the molecule is Nc1cnn(CCNc2ncc(Br)cn2)c1. The van der Waals surface area contributed by atoms with E-state index in [1.54, 1.807) is 29.5 Å². The molecule has 0 bridgehead atoms. The molecular weight excluding hydrogens is 272 g/mol. The molecule has 0 aromatic carbocycles. The van der Waals surface area contributed by atoms with E-state index in [2.05, 4.69) is 36.3 Å². The highest BCUT2D eigenvalue weighted by atomic mass is 79.9. The van der Waals surface area contributed by atoms with Crippen LogP contribution < -0.4 is 11.1 Å². The standard InChI is InChI=1S/C9H11BrN6/c10-7-3-13-9(14-4-7)12-1-2-16-6-8(11)5-15-16/h3-6H,1-2,11H2,(H,12,13,14). The van der Waals surface area contributed by atoms with Crippen LogP contribution >= 0.6 is 15.9 Å². The fourth-order valence-electron chi connectivity index (χ4n) is 1.19. The number of hydrogen-bond donors (Lipinski definition) is 2. The van der Waals surface area contributed by atoms with E-state index >= 15 is 0 Å². The highest BCUT2D eigenvalue weighted by Crippen LogP contribution is 2.06. The number of anilines is 2. The number of nitrogen functional groups attached to an aromatic ring is 1. The number of nitrogens with one attached hydrogen (secondary N) is 1. The van der Waals surface area contributed by atoms with Gasteiger partial charge in [-0.25, -0.2) is 9.97 Å². The number of halogens is 1. The minimum absolute atomic E-state index is 0.600. The van der Waals surface area contributed by atoms with Gasteiger partial charge in [-0.2, -0.15) is 5.10 Å². The summed E-state index contributed by atoms with van der Waals surface area (Å²) in [5, 5.41) is 7.15. The summed E-state index contributed by atoms with van der Waals surface area (Å²) in [6.07, 6.45) is 6.79. The van der Waals surface area contributed by atoms with Crippen molar-refractivity contribution < 1.29 is 0 Å². The van der Waals surface area contributed by atoms with E-state index in [-0.39, 0.29) is 0 Å². The Labute approximate surface area is 101 Å². The third-order valence-electron chi connectivity index (χ3n) is 1.90. The van der Waals surface area contributed by atoms with E-state index in [0.29, 0.717) is 18.2 Å². The number of nitrogens with two attached hydrogens (primary N) is 1. The van der Waals surface area contributed by atoms with Gasteiger partial charge in [0.15, 0.2) is 0 Å². The Bertz CT molecular complexity index is 451. The van der Waals surface area contributed by atoms with E-state index in [0.717, 1.165) is 11.0 Å². The molecule has 3 N–H and O–H groups in total. The summed E-state index contributed by atoms with van der Waals surface area (Å²) < 4.78 is 2.62. The first-order chi connectivity index (χ1) is 7.74. The molecule has 84 valence electrons. The van der Waals surface area contributed by atoms with Gasteiger partial charge in [0.25, 0.3) is 0 Å². The average molecular weight is 283 g/mol. The molecule has 0 unspecified atom stereocenters. The predicted octanol–water partition coefficient (Wildman–Crippen LogP) is 1.13. The molecule has 0 atom stereocenters. The first-order valence-electron chi connectivity index (χ1n) is 4.73. The Balaban J connectivity index is 1.82. The molecule has 0 aliphatic rings. The molecule has 0 aliphatic carbocycles. The molecule has 0 amide bonds. The van der Waals surface area contributed by atoms with E-state index in [4.69, 9.17) is 5.73 Å². The number of hydrogen-bond acceptors (Lipinski definition) is 5. The van der Waals surface area contributed by atoms with E-state index in [1.807, 2.05) is 0 Å². The maximum absolute atomic E-state index is 5.54. The molecule has 2 aromatic rings. The molecule has 6 nitrogen and oxygen atoms in total. The van der Waals surface area contributed by atoms with Crippen LogP contribution in [-0.4, -0.2) is 26.3 Å². The van der Waals surface area contributed by atoms with E-state index < -0.39 is 0 Å². The number of rotatable bonds is 4. The van der Waals surface area contributed by atoms with Crippen molar-refractivity contribution in [1.82, 2.24) is 19.7 Å². The van der Waals surface area contributed by atoms with Crippen molar-refractivity contribution in [2.45, 2.75) is 6.54 Å². The smallest absolute Gasteiger partial charge is 0.222 e. The lowest BCUT2D eigenvalue weighted by Gasteiger charge is -2.04. The van der Waals surface area contributed by atoms with Crippen molar-refractivity contribution in [2.75, 3.05) is 17.6 Å². The zero-order valence-electron chi connectivity index (χ0n) is 8.47. The van der Waals surface area contributed by atoms with Crippen LogP contribution in [0, 0.1) is 0 Å². The highest BCUT2D eigenvalue weighted by Gasteiger charge is 1.96. The third kappa shape index (κ3) is 2.93. The van der Waals surface area contributed by atoms with Crippen LogP contribution in [0.25, 0.3) is 0 Å². The Morgan fingerprint density at radius 1 is 1.31 bits per heavy atom. The second kappa shape index (κ2) is 4.93. The van der Waals surface area contributed by atoms with Crippen LogP contribution in [-0.2, 0) is 6.54 Å². The first kappa shape index (κ1) is 10.9. The monoisotopic (exact) mass is 282 g/mol. The highest BCUT2D eigenvalue weighted by molar-refractivity contribution is 9.10. The summed E-state index contributed by atoms with van der Waals surface area (Å²) in [4.78, 5) is 8.18. The average Bonchev–Trinajstić information content (AvgIpc) is 2.67. The van der Waals surface area contributed by atoms with Crippen molar-refractivity contribution in [3.8, 4) is 0 Å². The zero-order chi connectivity index (χ0) is 11.4. The minimum atomic E-state index is 0.600. The summed E-state index contributed by atoms with van der Waals surface area (Å²) in [5.74, 6) is 0.600. The molecule has 0 fully saturated rings. The molecular formula is C9H11BrN6. The normalized spacial score (nSPS) is 10.3. The van der Waals surface area contributed by atoms with Gasteiger partial charge >= 0.3 is 0 Å². The summed E-state index contributed by atoms with van der Waals surface area (Å²) in [5.41, 5.74) is 6.21. The summed E-state index contributed by atoms with van der Waals surface area (Å²) >= 11 is 3.27. The topological polar surface area (TPSA) is 81.6 Å². The van der Waals surface area contributed by atoms with Crippen LogP contribution in [0.3, 0.4) is 0 Å². The van der Waals surface area contributed by atoms with Gasteiger partial charge in [-0.3, -0.25) is 4.68 Å². The Morgan fingerprint density at radius 3 is 2.69 bits per heavy atom. The Hall–Kier alpha value is -1.63. The summed E-state index contributed by atoms with van der Waals surface area (Å²) in [6, 6.07) is 0. The number of nitrogens with zero attached hydrogens (tertiary/aromatic N) is 4. The fraction of sp³-hybridized carbons (Fsp3) is 0.222. The Kier molecular flexibility index (Phi) is 3.35. The Morgan fingerprint density at radius 2 is 2.06 bits per heavy atom. The zero-order valence-corrected chi connectivity index (χ0v) is 10.1. The quantitative estimate of drug-likeness (QED) is 0.879. The van der Waals surface area contributed by atoms with Crippen molar-refractivity contribution in [1.29, 1.82) is 0 Å². The van der Waals surface area contributed by atoms with Crippen LogP contribution in [0.15, 0.2) is 29.3 Å². The van der Waals surface area contributed by atoms with Crippen LogP contribution in [0.4, 0.5) is 11.6 Å². The van der Waals surface area contributed by atoms with Crippen LogP contribution in [0.1, 0.15) is 0 Å². The van der Waals surface area contributed by atoms with Crippen molar-refractivity contribution in [3.63, 3.8) is 0 Å². The summed E-state index contributed by atoms with van der Waals surface area (Å²) in [7, 11) is 0. The largest absolute Gasteiger partial charge is 0.396 e. The molecule has 2 rings (SSSR count). The van der Waals surface area contributed by atoms with Gasteiger partial charge < -0.3 is 11.1 Å². The molecule has 0 saturated carbocycles. The molecule has 2 aromatic heterocycles. The van der Waals surface area contributed by atoms with Gasteiger partial charge in [0.1, 0.15) is 0 Å². The lowest BCUT2D eigenvalue weighted by atomic mass is 10.6. The maximum Gasteiger partial charge on any atom is 0.222 e. The second-order valence-corrected chi connectivity index (χ2v) is 4.10. The fourth-order valence-corrected chi connectivity index (χ4v) is 1.39. The van der Waals surface area contributed by atoms with Crippen molar-refractivity contribution >= 4 is 27.6 Å². The van der Waals surface area contributed by atoms with Crippen molar-refractivity contribution in [3.05, 3.63) is 29.3 Å². The third-order valence-corrected chi connectivity index (χ3v) is 2.31. The van der Waals surface area contributed by atoms with E-state index in [9.17, 15) is 0 Å².